The summed E-state index contributed by atoms with van der Waals surface area (Å²) in [5.74, 6) is 0.00162. The smallest absolute Gasteiger partial charge is 0.316 e. The van der Waals surface area contributed by atoms with E-state index in [9.17, 15) is 13.2 Å². The van der Waals surface area contributed by atoms with Gasteiger partial charge in [0.05, 0.1) is 23.1 Å². The lowest BCUT2D eigenvalue weighted by atomic mass is 10.1. The third kappa shape index (κ3) is 4.86. The maximum atomic E-state index is 12.7. The summed E-state index contributed by atoms with van der Waals surface area (Å²) in [6, 6.07) is 8.62. The Labute approximate surface area is 165 Å². The van der Waals surface area contributed by atoms with Crippen molar-refractivity contribution >= 4 is 15.7 Å². The van der Waals surface area contributed by atoms with Crippen LogP contribution in [0.3, 0.4) is 0 Å². The largest absolute Gasteiger partial charge is 0.458 e. The molecular formula is C20H25N3O4S. The molecule has 150 valence electrons. The highest BCUT2D eigenvalue weighted by Gasteiger charge is 2.26. The van der Waals surface area contributed by atoms with Gasteiger partial charge in [-0.2, -0.15) is 0 Å². The molecule has 1 atom stereocenters. The van der Waals surface area contributed by atoms with Crippen molar-refractivity contribution in [1.29, 1.82) is 0 Å². The molecule has 2 heterocycles. The summed E-state index contributed by atoms with van der Waals surface area (Å²) in [6.07, 6.45) is 5.06. The lowest BCUT2D eigenvalue weighted by Gasteiger charge is -2.32. The molecule has 28 heavy (non-hydrogen) atoms. The first-order chi connectivity index (χ1) is 13.4. The highest BCUT2D eigenvalue weighted by Crippen LogP contribution is 2.19. The molecule has 1 saturated heterocycles. The first-order valence-electron chi connectivity index (χ1n) is 9.40. The zero-order chi connectivity index (χ0) is 20.1. The fourth-order valence-corrected chi connectivity index (χ4v) is 4.17. The van der Waals surface area contributed by atoms with Gasteiger partial charge < -0.3 is 9.64 Å². The number of nitrogens with zero attached hydrogens (tertiary/aromatic N) is 3. The zero-order valence-electron chi connectivity index (χ0n) is 16.1. The zero-order valence-corrected chi connectivity index (χ0v) is 16.9. The molecule has 0 bridgehead atoms. The Morgan fingerprint density at radius 1 is 1.21 bits per heavy atom. The molecule has 0 radical (unpaired) electrons. The number of hydrogen-bond donors (Lipinski definition) is 0. The van der Waals surface area contributed by atoms with Gasteiger partial charge in [0, 0.05) is 18.9 Å². The van der Waals surface area contributed by atoms with Crippen molar-refractivity contribution in [3.8, 4) is 6.01 Å². The van der Waals surface area contributed by atoms with Crippen molar-refractivity contribution in [3.63, 3.8) is 0 Å². The number of amides is 1. The van der Waals surface area contributed by atoms with Crippen molar-refractivity contribution in [2.75, 3.05) is 13.1 Å². The number of hydrogen-bond acceptors (Lipinski definition) is 6. The molecule has 1 fully saturated rings. The van der Waals surface area contributed by atoms with Gasteiger partial charge in [0.2, 0.25) is 5.91 Å². The van der Waals surface area contributed by atoms with E-state index in [1.54, 1.807) is 61.5 Å². The van der Waals surface area contributed by atoms with Crippen LogP contribution in [0.1, 0.15) is 32.3 Å². The Bertz CT molecular complexity index is 899. The van der Waals surface area contributed by atoms with Crippen LogP contribution < -0.4 is 4.74 Å². The van der Waals surface area contributed by atoms with Crippen LogP contribution in [0.15, 0.2) is 47.6 Å². The van der Waals surface area contributed by atoms with Crippen molar-refractivity contribution in [2.45, 2.75) is 49.4 Å². The molecule has 8 heteroatoms. The first kappa shape index (κ1) is 20.3. The van der Waals surface area contributed by atoms with E-state index in [1.165, 1.54) is 0 Å². The average Bonchev–Trinajstić information content (AvgIpc) is 2.69. The summed E-state index contributed by atoms with van der Waals surface area (Å²) in [4.78, 5) is 22.9. The summed E-state index contributed by atoms with van der Waals surface area (Å²) in [7, 11) is -3.30. The second-order valence-electron chi connectivity index (χ2n) is 7.17. The van der Waals surface area contributed by atoms with Crippen LogP contribution in [-0.2, 0) is 21.1 Å². The number of piperidine rings is 1. The second-order valence-corrected chi connectivity index (χ2v) is 9.67. The van der Waals surface area contributed by atoms with Crippen molar-refractivity contribution < 1.29 is 17.9 Å². The van der Waals surface area contributed by atoms with Gasteiger partial charge in [-0.3, -0.25) is 4.79 Å². The second kappa shape index (κ2) is 8.68. The predicted molar refractivity (Wildman–Crippen MR) is 105 cm³/mol. The summed E-state index contributed by atoms with van der Waals surface area (Å²) in [5.41, 5.74) is 0.794. The van der Waals surface area contributed by atoms with E-state index in [4.69, 9.17) is 4.74 Å². The molecular weight excluding hydrogens is 378 g/mol. The van der Waals surface area contributed by atoms with Gasteiger partial charge in [0.15, 0.2) is 9.84 Å². The van der Waals surface area contributed by atoms with Crippen molar-refractivity contribution in [1.82, 2.24) is 14.9 Å². The Morgan fingerprint density at radius 3 is 2.54 bits per heavy atom. The summed E-state index contributed by atoms with van der Waals surface area (Å²) in [5, 5.41) is -0.473. The number of likely N-dealkylation sites (tertiary alicyclic amines) is 1. The number of carbonyl (C=O) groups excluding carboxylic acids is 1. The topological polar surface area (TPSA) is 89.5 Å². The van der Waals surface area contributed by atoms with Gasteiger partial charge in [-0.1, -0.05) is 12.1 Å². The standard InChI is InChI=1S/C20H25N3O4S/c1-15(2)28(25,26)18-8-6-16(7-9-18)13-19(24)23-12-3-5-17(14-23)27-20-21-10-4-11-22-20/h4,6-11,15,17H,3,5,12-14H2,1-2H3. The highest BCUT2D eigenvalue weighted by molar-refractivity contribution is 7.92. The Kier molecular flexibility index (Phi) is 6.28. The number of benzene rings is 1. The van der Waals surface area contributed by atoms with E-state index in [0.29, 0.717) is 19.1 Å². The number of aromatic nitrogens is 2. The lowest BCUT2D eigenvalue weighted by molar-refractivity contribution is -0.133. The van der Waals surface area contributed by atoms with Gasteiger partial charge in [-0.25, -0.2) is 18.4 Å². The molecule has 0 N–H and O–H groups in total. The summed E-state index contributed by atoms with van der Waals surface area (Å²) < 4.78 is 30.2. The van der Waals surface area contributed by atoms with E-state index in [2.05, 4.69) is 9.97 Å². The molecule has 1 aliphatic heterocycles. The molecule has 0 spiro atoms. The number of carbonyl (C=O) groups is 1. The molecule has 1 aromatic carbocycles. The first-order valence-corrected chi connectivity index (χ1v) is 10.9. The number of rotatable bonds is 6. The lowest BCUT2D eigenvalue weighted by Crippen LogP contribution is -2.45. The molecule has 0 saturated carbocycles. The van der Waals surface area contributed by atoms with Crippen LogP contribution in [0, 0.1) is 0 Å². The molecule has 7 nitrogen and oxygen atoms in total. The van der Waals surface area contributed by atoms with Gasteiger partial charge in [0.1, 0.15) is 6.10 Å². The quantitative estimate of drug-likeness (QED) is 0.735. The maximum absolute atomic E-state index is 12.7. The Hall–Kier alpha value is -2.48. The minimum Gasteiger partial charge on any atom is -0.458 e. The van der Waals surface area contributed by atoms with E-state index < -0.39 is 15.1 Å². The molecule has 0 aliphatic carbocycles. The van der Waals surface area contributed by atoms with E-state index in [1.807, 2.05) is 0 Å². The van der Waals surface area contributed by atoms with Gasteiger partial charge in [-0.15, -0.1) is 0 Å². The molecule has 1 unspecified atom stereocenters. The van der Waals surface area contributed by atoms with Crippen molar-refractivity contribution in [2.24, 2.45) is 0 Å². The summed E-state index contributed by atoms with van der Waals surface area (Å²) in [6.45, 7) is 4.50. The molecule has 1 amide bonds. The van der Waals surface area contributed by atoms with E-state index in [-0.39, 0.29) is 23.3 Å². The third-order valence-electron chi connectivity index (χ3n) is 4.77. The van der Waals surface area contributed by atoms with Gasteiger partial charge >= 0.3 is 6.01 Å². The predicted octanol–water partition coefficient (Wildman–Crippen LogP) is 2.27. The molecule has 1 aliphatic rings. The molecule has 2 aromatic rings. The fourth-order valence-electron chi connectivity index (χ4n) is 3.11. The van der Waals surface area contributed by atoms with Crippen LogP contribution in [0.5, 0.6) is 6.01 Å². The van der Waals surface area contributed by atoms with Crippen LogP contribution in [0.25, 0.3) is 0 Å². The minimum atomic E-state index is -3.30. The van der Waals surface area contributed by atoms with E-state index in [0.717, 1.165) is 18.4 Å². The summed E-state index contributed by atoms with van der Waals surface area (Å²) >= 11 is 0. The molecule has 1 aromatic heterocycles. The fraction of sp³-hybridized carbons (Fsp3) is 0.450. The van der Waals surface area contributed by atoms with Crippen molar-refractivity contribution in [3.05, 3.63) is 48.3 Å². The van der Waals surface area contributed by atoms with Gasteiger partial charge in [0.25, 0.3) is 0 Å². The Morgan fingerprint density at radius 2 is 1.89 bits per heavy atom. The monoisotopic (exact) mass is 403 g/mol. The minimum absolute atomic E-state index is 0.00162. The van der Waals surface area contributed by atoms with Crippen LogP contribution in [0.2, 0.25) is 0 Å². The van der Waals surface area contributed by atoms with E-state index >= 15 is 0 Å². The number of sulfone groups is 1. The SMILES string of the molecule is CC(C)S(=O)(=O)c1ccc(CC(=O)N2CCCC(Oc3ncccn3)C2)cc1. The van der Waals surface area contributed by atoms with Crippen LogP contribution >= 0.6 is 0 Å². The Balaban J connectivity index is 1.59. The maximum Gasteiger partial charge on any atom is 0.316 e. The van der Waals surface area contributed by atoms with Gasteiger partial charge in [-0.05, 0) is 50.5 Å². The van der Waals surface area contributed by atoms with Crippen LogP contribution in [0.4, 0.5) is 0 Å². The normalized spacial score (nSPS) is 17.5. The third-order valence-corrected chi connectivity index (χ3v) is 6.94. The van der Waals surface area contributed by atoms with Crippen LogP contribution in [-0.4, -0.2) is 53.6 Å². The molecule has 3 rings (SSSR count). The highest BCUT2D eigenvalue weighted by atomic mass is 32.2. The average molecular weight is 404 g/mol. The number of ether oxygens (including phenoxy) is 1.